The zero-order valence-electron chi connectivity index (χ0n) is 10.7. The number of carbonyl (C=O) groups is 2. The molecular formula is C13H17BrN2O3. The molecule has 2 N–H and O–H groups in total. The molecule has 19 heavy (non-hydrogen) atoms. The summed E-state index contributed by atoms with van der Waals surface area (Å²) in [5.41, 5.74) is 0.659. The van der Waals surface area contributed by atoms with E-state index in [-0.39, 0.29) is 18.2 Å². The second-order valence-corrected chi connectivity index (χ2v) is 4.85. The largest absolute Gasteiger partial charge is 0.385 e. The molecule has 0 saturated heterocycles. The Hall–Kier alpha value is -1.40. The van der Waals surface area contributed by atoms with Crippen LogP contribution in [0.25, 0.3) is 0 Å². The molecule has 6 heteroatoms. The van der Waals surface area contributed by atoms with E-state index in [0.29, 0.717) is 18.8 Å². The molecule has 0 spiro atoms. The summed E-state index contributed by atoms with van der Waals surface area (Å²) in [6.07, 6.45) is 0.551. The Morgan fingerprint density at radius 3 is 2.79 bits per heavy atom. The number of hydrogen-bond acceptors (Lipinski definition) is 3. The van der Waals surface area contributed by atoms with E-state index in [0.717, 1.165) is 10.9 Å². The molecule has 0 saturated carbocycles. The average molecular weight is 329 g/mol. The van der Waals surface area contributed by atoms with E-state index in [4.69, 9.17) is 4.74 Å². The monoisotopic (exact) mass is 328 g/mol. The molecule has 1 aromatic carbocycles. The van der Waals surface area contributed by atoms with E-state index in [1.807, 2.05) is 12.1 Å². The summed E-state index contributed by atoms with van der Waals surface area (Å²) in [5, 5.41) is 5.32. The minimum absolute atomic E-state index is 0.181. The van der Waals surface area contributed by atoms with Crippen LogP contribution in [0.5, 0.6) is 0 Å². The number of amides is 2. The Kier molecular flexibility index (Phi) is 7.14. The number of hydrogen-bond donors (Lipinski definition) is 2. The summed E-state index contributed by atoms with van der Waals surface area (Å²) in [4.78, 5) is 23.1. The standard InChI is InChI=1S/C13H17BrN2O3/c1-19-7-3-6-15-12(17)9-13(18)16-11-5-2-4-10(14)8-11/h2,4-5,8H,3,6-7,9H2,1H3,(H,15,17)(H,16,18). The summed E-state index contributed by atoms with van der Waals surface area (Å²) in [6, 6.07) is 7.20. The highest BCUT2D eigenvalue weighted by molar-refractivity contribution is 9.10. The third-order valence-corrected chi connectivity index (χ3v) is 2.77. The van der Waals surface area contributed by atoms with Crippen LogP contribution in [0.15, 0.2) is 28.7 Å². The number of benzene rings is 1. The molecule has 0 radical (unpaired) electrons. The molecule has 0 aromatic heterocycles. The molecule has 104 valence electrons. The first-order valence-corrected chi connectivity index (χ1v) is 6.72. The normalized spacial score (nSPS) is 10.0. The van der Waals surface area contributed by atoms with E-state index < -0.39 is 0 Å². The molecule has 1 rings (SSSR count). The zero-order valence-corrected chi connectivity index (χ0v) is 12.3. The van der Waals surface area contributed by atoms with Gasteiger partial charge in [0.05, 0.1) is 0 Å². The maximum absolute atomic E-state index is 11.6. The van der Waals surface area contributed by atoms with Crippen LogP contribution in [0.3, 0.4) is 0 Å². The fourth-order valence-electron chi connectivity index (χ4n) is 1.42. The quantitative estimate of drug-likeness (QED) is 0.593. The van der Waals surface area contributed by atoms with Crippen LogP contribution < -0.4 is 10.6 Å². The number of nitrogens with one attached hydrogen (secondary N) is 2. The number of rotatable bonds is 7. The van der Waals surface area contributed by atoms with Crippen LogP contribution in [0, 0.1) is 0 Å². The SMILES string of the molecule is COCCCNC(=O)CC(=O)Nc1cccc(Br)c1. The number of anilines is 1. The van der Waals surface area contributed by atoms with Crippen LogP contribution in [0.1, 0.15) is 12.8 Å². The van der Waals surface area contributed by atoms with Crippen molar-refractivity contribution in [3.8, 4) is 0 Å². The molecule has 0 aliphatic heterocycles. The van der Waals surface area contributed by atoms with Gasteiger partial charge < -0.3 is 15.4 Å². The molecule has 0 unspecified atom stereocenters. The number of ether oxygens (including phenoxy) is 1. The third-order valence-electron chi connectivity index (χ3n) is 2.28. The van der Waals surface area contributed by atoms with Gasteiger partial charge in [-0.2, -0.15) is 0 Å². The van der Waals surface area contributed by atoms with Crippen molar-refractivity contribution < 1.29 is 14.3 Å². The van der Waals surface area contributed by atoms with Gasteiger partial charge in [0.1, 0.15) is 6.42 Å². The van der Waals surface area contributed by atoms with Gasteiger partial charge >= 0.3 is 0 Å². The molecule has 0 atom stereocenters. The highest BCUT2D eigenvalue weighted by atomic mass is 79.9. The third kappa shape index (κ3) is 6.93. The lowest BCUT2D eigenvalue weighted by Crippen LogP contribution is -2.29. The predicted molar refractivity (Wildman–Crippen MR) is 76.9 cm³/mol. The van der Waals surface area contributed by atoms with Crippen molar-refractivity contribution in [2.45, 2.75) is 12.8 Å². The first-order chi connectivity index (χ1) is 9.11. The Balaban J connectivity index is 2.29. The van der Waals surface area contributed by atoms with Crippen molar-refractivity contribution in [3.05, 3.63) is 28.7 Å². The fraction of sp³-hybridized carbons (Fsp3) is 0.385. The van der Waals surface area contributed by atoms with Crippen LogP contribution in [-0.2, 0) is 14.3 Å². The number of methoxy groups -OCH3 is 1. The van der Waals surface area contributed by atoms with Crippen molar-refractivity contribution in [1.82, 2.24) is 5.32 Å². The van der Waals surface area contributed by atoms with Crippen LogP contribution in [0.2, 0.25) is 0 Å². The topological polar surface area (TPSA) is 67.4 Å². The minimum atomic E-state index is -0.331. The second kappa shape index (κ2) is 8.66. The molecule has 0 heterocycles. The fourth-order valence-corrected chi connectivity index (χ4v) is 1.82. The van der Waals surface area contributed by atoms with Crippen LogP contribution in [0.4, 0.5) is 5.69 Å². The van der Waals surface area contributed by atoms with E-state index >= 15 is 0 Å². The number of carbonyl (C=O) groups excluding carboxylic acids is 2. The molecular weight excluding hydrogens is 312 g/mol. The lowest BCUT2D eigenvalue weighted by Gasteiger charge is -2.06. The van der Waals surface area contributed by atoms with Crippen LogP contribution >= 0.6 is 15.9 Å². The maximum Gasteiger partial charge on any atom is 0.233 e. The van der Waals surface area contributed by atoms with E-state index in [1.54, 1.807) is 19.2 Å². The molecule has 0 aliphatic rings. The second-order valence-electron chi connectivity index (χ2n) is 3.93. The van der Waals surface area contributed by atoms with Gasteiger partial charge in [0.2, 0.25) is 11.8 Å². The van der Waals surface area contributed by atoms with Crippen molar-refractivity contribution in [2.24, 2.45) is 0 Å². The van der Waals surface area contributed by atoms with E-state index in [2.05, 4.69) is 26.6 Å². The Morgan fingerprint density at radius 2 is 2.11 bits per heavy atom. The summed E-state index contributed by atoms with van der Waals surface area (Å²) < 4.78 is 5.73. The van der Waals surface area contributed by atoms with Crippen molar-refractivity contribution in [2.75, 3.05) is 25.6 Å². The predicted octanol–water partition coefficient (Wildman–Crippen LogP) is 1.93. The summed E-state index contributed by atoms with van der Waals surface area (Å²) in [6.45, 7) is 1.10. The lowest BCUT2D eigenvalue weighted by atomic mass is 10.3. The molecule has 1 aromatic rings. The molecule has 5 nitrogen and oxygen atoms in total. The van der Waals surface area contributed by atoms with Gasteiger partial charge in [0.25, 0.3) is 0 Å². The minimum Gasteiger partial charge on any atom is -0.385 e. The molecule has 0 fully saturated rings. The highest BCUT2D eigenvalue weighted by Crippen LogP contribution is 2.15. The number of halogens is 1. The molecule has 2 amide bonds. The summed E-state index contributed by atoms with van der Waals surface area (Å²) >= 11 is 3.31. The van der Waals surface area contributed by atoms with Gasteiger partial charge in [0.15, 0.2) is 0 Å². The first-order valence-electron chi connectivity index (χ1n) is 5.93. The van der Waals surface area contributed by atoms with Gasteiger partial charge in [-0.1, -0.05) is 22.0 Å². The first kappa shape index (κ1) is 15.7. The van der Waals surface area contributed by atoms with Gasteiger partial charge in [-0.05, 0) is 24.6 Å². The summed E-state index contributed by atoms with van der Waals surface area (Å²) in [5.74, 6) is -0.619. The van der Waals surface area contributed by atoms with E-state index in [9.17, 15) is 9.59 Å². The van der Waals surface area contributed by atoms with Gasteiger partial charge in [-0.3, -0.25) is 9.59 Å². The zero-order chi connectivity index (χ0) is 14.1. The molecule has 0 aliphatic carbocycles. The van der Waals surface area contributed by atoms with Gasteiger partial charge in [0, 0.05) is 30.4 Å². The van der Waals surface area contributed by atoms with Crippen molar-refractivity contribution in [1.29, 1.82) is 0 Å². The smallest absolute Gasteiger partial charge is 0.233 e. The summed E-state index contributed by atoms with van der Waals surface area (Å²) in [7, 11) is 1.60. The average Bonchev–Trinajstić information content (AvgIpc) is 2.34. The highest BCUT2D eigenvalue weighted by Gasteiger charge is 2.09. The van der Waals surface area contributed by atoms with Crippen molar-refractivity contribution in [3.63, 3.8) is 0 Å². The van der Waals surface area contributed by atoms with Crippen LogP contribution in [-0.4, -0.2) is 32.1 Å². The van der Waals surface area contributed by atoms with Gasteiger partial charge in [-0.15, -0.1) is 0 Å². The Morgan fingerprint density at radius 1 is 1.32 bits per heavy atom. The maximum atomic E-state index is 11.6. The Bertz CT molecular complexity index is 438. The lowest BCUT2D eigenvalue weighted by molar-refractivity contribution is -0.126. The van der Waals surface area contributed by atoms with Crippen molar-refractivity contribution >= 4 is 33.4 Å². The Labute approximate surface area is 120 Å². The van der Waals surface area contributed by atoms with Gasteiger partial charge in [-0.25, -0.2) is 0 Å². The molecule has 0 bridgehead atoms. The van der Waals surface area contributed by atoms with E-state index in [1.165, 1.54) is 0 Å².